The number of fused-ring (bicyclic) bond motifs is 1. The van der Waals surface area contributed by atoms with E-state index >= 15 is 0 Å². The number of nitrogens with zero attached hydrogens (tertiary/aromatic N) is 2. The van der Waals surface area contributed by atoms with Crippen LogP contribution in [0.25, 0.3) is 0 Å². The topological polar surface area (TPSA) is 49.9 Å². The molecule has 0 aromatic heterocycles. The van der Waals surface area contributed by atoms with Crippen LogP contribution in [0.4, 0.5) is 11.4 Å². The number of rotatable bonds is 4. The molecule has 0 bridgehead atoms. The Morgan fingerprint density at radius 3 is 2.52 bits per heavy atom. The van der Waals surface area contributed by atoms with Crippen LogP contribution in [0.3, 0.4) is 0 Å². The highest BCUT2D eigenvalue weighted by molar-refractivity contribution is 5.99. The molecule has 0 atom stereocenters. The van der Waals surface area contributed by atoms with E-state index in [1.54, 1.807) is 4.90 Å². The number of hydrogen-bond donors (Lipinski definition) is 0. The second kappa shape index (κ2) is 5.76. The predicted molar refractivity (Wildman–Crippen MR) is 80.4 cm³/mol. The molecule has 112 valence electrons. The molecular weight excluding hydrogens is 268 g/mol. The van der Waals surface area contributed by atoms with Crippen molar-refractivity contribution in [3.8, 4) is 0 Å². The third-order valence-corrected chi connectivity index (χ3v) is 4.11. The van der Waals surface area contributed by atoms with Gasteiger partial charge < -0.3 is 14.5 Å². The van der Waals surface area contributed by atoms with Crippen LogP contribution in [-0.4, -0.2) is 38.1 Å². The Labute approximate surface area is 124 Å². The molecule has 1 heterocycles. The van der Waals surface area contributed by atoms with Crippen LogP contribution in [0, 0.1) is 0 Å². The number of benzene rings is 1. The monoisotopic (exact) mass is 288 g/mol. The van der Waals surface area contributed by atoms with Gasteiger partial charge in [-0.2, -0.15) is 0 Å². The van der Waals surface area contributed by atoms with Gasteiger partial charge in [0.2, 0.25) is 5.91 Å². The number of carbonyl (C=O) groups is 2. The minimum atomic E-state index is -0.340. The minimum Gasteiger partial charge on any atom is -0.469 e. The summed E-state index contributed by atoms with van der Waals surface area (Å²) >= 11 is 0. The van der Waals surface area contributed by atoms with Crippen LogP contribution in [-0.2, 0) is 14.3 Å². The Morgan fingerprint density at radius 1 is 1.14 bits per heavy atom. The number of methoxy groups -OCH3 is 1. The third kappa shape index (κ3) is 2.86. The van der Waals surface area contributed by atoms with E-state index in [9.17, 15) is 9.59 Å². The molecule has 1 aliphatic heterocycles. The van der Waals surface area contributed by atoms with Crippen molar-refractivity contribution in [3.05, 3.63) is 24.3 Å². The fourth-order valence-electron chi connectivity index (χ4n) is 2.85. The number of esters is 1. The van der Waals surface area contributed by atoms with E-state index in [4.69, 9.17) is 0 Å². The standard InChI is InChI=1S/C16H20N2O3/c1-21-16(20)9-8-15(19)18-11-10-17(12-6-7-12)13-4-2-3-5-14(13)18/h2-5,12H,6-11H2,1H3. The highest BCUT2D eigenvalue weighted by atomic mass is 16.5. The number of anilines is 2. The third-order valence-electron chi connectivity index (χ3n) is 4.11. The summed E-state index contributed by atoms with van der Waals surface area (Å²) in [4.78, 5) is 27.8. The smallest absolute Gasteiger partial charge is 0.306 e. The average molecular weight is 288 g/mol. The molecule has 3 rings (SSSR count). The SMILES string of the molecule is COC(=O)CCC(=O)N1CCN(C2CC2)c2ccccc21. The second-order valence-corrected chi connectivity index (χ2v) is 5.53. The van der Waals surface area contributed by atoms with Crippen molar-refractivity contribution in [2.24, 2.45) is 0 Å². The summed E-state index contributed by atoms with van der Waals surface area (Å²) in [6.45, 7) is 1.55. The van der Waals surface area contributed by atoms with Crippen LogP contribution in [0.1, 0.15) is 25.7 Å². The lowest BCUT2D eigenvalue weighted by Crippen LogP contribution is -2.45. The van der Waals surface area contributed by atoms with Gasteiger partial charge in [-0.3, -0.25) is 9.59 Å². The summed E-state index contributed by atoms with van der Waals surface area (Å²) in [5.74, 6) is -0.350. The molecule has 21 heavy (non-hydrogen) atoms. The molecule has 0 unspecified atom stereocenters. The largest absolute Gasteiger partial charge is 0.469 e. The lowest BCUT2D eigenvalue weighted by Gasteiger charge is -2.38. The maximum atomic E-state index is 12.4. The van der Waals surface area contributed by atoms with Gasteiger partial charge in [0.1, 0.15) is 0 Å². The summed E-state index contributed by atoms with van der Waals surface area (Å²) in [6.07, 6.45) is 2.82. The molecule has 1 saturated carbocycles. The fourth-order valence-corrected chi connectivity index (χ4v) is 2.85. The van der Waals surface area contributed by atoms with Gasteiger partial charge in [0, 0.05) is 25.6 Å². The van der Waals surface area contributed by atoms with Crippen LogP contribution in [0.2, 0.25) is 0 Å². The van der Waals surface area contributed by atoms with Crippen molar-refractivity contribution in [3.63, 3.8) is 0 Å². The van der Waals surface area contributed by atoms with E-state index in [0.717, 1.165) is 17.9 Å². The van der Waals surface area contributed by atoms with E-state index in [2.05, 4.69) is 15.7 Å². The molecule has 0 radical (unpaired) electrons. The van der Waals surface area contributed by atoms with Crippen LogP contribution in [0.5, 0.6) is 0 Å². The minimum absolute atomic E-state index is 0.0108. The highest BCUT2D eigenvalue weighted by Gasteiger charge is 2.35. The molecule has 1 amide bonds. The number of carbonyl (C=O) groups excluding carboxylic acids is 2. The lowest BCUT2D eigenvalue weighted by atomic mass is 10.1. The van der Waals surface area contributed by atoms with Crippen molar-refractivity contribution >= 4 is 23.3 Å². The molecule has 5 nitrogen and oxygen atoms in total. The Balaban J connectivity index is 1.76. The zero-order valence-corrected chi connectivity index (χ0v) is 12.2. The van der Waals surface area contributed by atoms with Gasteiger partial charge in [-0.25, -0.2) is 0 Å². The number of ether oxygens (including phenoxy) is 1. The molecule has 0 N–H and O–H groups in total. The average Bonchev–Trinajstić information content (AvgIpc) is 3.35. The van der Waals surface area contributed by atoms with Crippen LogP contribution in [0.15, 0.2) is 24.3 Å². The molecule has 1 aromatic rings. The first-order valence-electron chi connectivity index (χ1n) is 7.43. The van der Waals surface area contributed by atoms with Crippen LogP contribution >= 0.6 is 0 Å². The highest BCUT2D eigenvalue weighted by Crippen LogP contribution is 2.39. The molecule has 0 spiro atoms. The quantitative estimate of drug-likeness (QED) is 0.795. The van der Waals surface area contributed by atoms with Crippen molar-refractivity contribution in [1.29, 1.82) is 0 Å². The fraction of sp³-hybridized carbons (Fsp3) is 0.500. The van der Waals surface area contributed by atoms with Gasteiger partial charge in [0.15, 0.2) is 0 Å². The van der Waals surface area contributed by atoms with E-state index in [0.29, 0.717) is 12.6 Å². The van der Waals surface area contributed by atoms with Gasteiger partial charge in [-0.05, 0) is 25.0 Å². The molecule has 1 aliphatic carbocycles. The zero-order valence-electron chi connectivity index (χ0n) is 12.2. The van der Waals surface area contributed by atoms with Crippen molar-refractivity contribution in [2.45, 2.75) is 31.7 Å². The summed E-state index contributed by atoms with van der Waals surface area (Å²) in [6, 6.07) is 8.67. The predicted octanol–water partition coefficient (Wildman–Crippen LogP) is 1.96. The lowest BCUT2D eigenvalue weighted by molar-refractivity contribution is -0.141. The second-order valence-electron chi connectivity index (χ2n) is 5.53. The van der Waals surface area contributed by atoms with Crippen molar-refractivity contribution in [1.82, 2.24) is 0 Å². The molecule has 1 aromatic carbocycles. The van der Waals surface area contributed by atoms with Gasteiger partial charge in [-0.1, -0.05) is 12.1 Å². The summed E-state index contributed by atoms with van der Waals surface area (Å²) in [5.41, 5.74) is 2.10. The normalized spacial score (nSPS) is 17.4. The molecular formula is C16H20N2O3. The first-order valence-corrected chi connectivity index (χ1v) is 7.43. The van der Waals surface area contributed by atoms with Gasteiger partial charge >= 0.3 is 5.97 Å². The van der Waals surface area contributed by atoms with E-state index in [1.807, 2.05) is 18.2 Å². The Kier molecular flexibility index (Phi) is 3.82. The first kappa shape index (κ1) is 13.9. The van der Waals surface area contributed by atoms with Gasteiger partial charge in [0.25, 0.3) is 0 Å². The Bertz CT molecular complexity index is 554. The number of hydrogen-bond acceptors (Lipinski definition) is 4. The first-order chi connectivity index (χ1) is 10.2. The van der Waals surface area contributed by atoms with E-state index in [1.165, 1.54) is 20.0 Å². The summed E-state index contributed by atoms with van der Waals surface area (Å²) in [5, 5.41) is 0. The maximum absolute atomic E-state index is 12.4. The molecule has 2 aliphatic rings. The van der Waals surface area contributed by atoms with Crippen molar-refractivity contribution in [2.75, 3.05) is 30.0 Å². The van der Waals surface area contributed by atoms with E-state index < -0.39 is 0 Å². The molecule has 0 saturated heterocycles. The Hall–Kier alpha value is -2.04. The van der Waals surface area contributed by atoms with E-state index in [-0.39, 0.29) is 24.7 Å². The number of amides is 1. The number of para-hydroxylation sites is 2. The van der Waals surface area contributed by atoms with Crippen LogP contribution < -0.4 is 9.80 Å². The summed E-state index contributed by atoms with van der Waals surface area (Å²) in [7, 11) is 1.34. The zero-order chi connectivity index (χ0) is 14.8. The van der Waals surface area contributed by atoms with Gasteiger partial charge in [0.05, 0.1) is 24.9 Å². The maximum Gasteiger partial charge on any atom is 0.306 e. The Morgan fingerprint density at radius 2 is 1.86 bits per heavy atom. The molecule has 5 heteroatoms. The summed E-state index contributed by atoms with van der Waals surface area (Å²) < 4.78 is 4.60. The van der Waals surface area contributed by atoms with Gasteiger partial charge in [-0.15, -0.1) is 0 Å². The van der Waals surface area contributed by atoms with Crippen molar-refractivity contribution < 1.29 is 14.3 Å². The molecule has 1 fully saturated rings.